The van der Waals surface area contributed by atoms with E-state index in [1.807, 2.05) is 0 Å². The van der Waals surface area contributed by atoms with E-state index >= 15 is 0 Å². The predicted octanol–water partition coefficient (Wildman–Crippen LogP) is 1.97. The Morgan fingerprint density at radius 2 is 2.38 bits per heavy atom. The van der Waals surface area contributed by atoms with Crippen LogP contribution in [0.1, 0.15) is 6.42 Å². The van der Waals surface area contributed by atoms with Crippen molar-refractivity contribution in [1.29, 1.82) is 0 Å². The van der Waals surface area contributed by atoms with Gasteiger partial charge in [0.15, 0.2) is 0 Å². The highest BCUT2D eigenvalue weighted by atomic mass is 79.9. The third-order valence-electron chi connectivity index (χ3n) is 0.849. The fourth-order valence-corrected chi connectivity index (χ4v) is 0.594. The van der Waals surface area contributed by atoms with Gasteiger partial charge >= 0.3 is 0 Å². The number of alkyl halides is 1. The molecule has 0 saturated carbocycles. The second-order valence-corrected chi connectivity index (χ2v) is 2.19. The fourth-order valence-electron chi connectivity index (χ4n) is 0.313. The van der Waals surface area contributed by atoms with Crippen LogP contribution >= 0.6 is 15.9 Å². The van der Waals surface area contributed by atoms with Gasteiger partial charge in [0.1, 0.15) is 0 Å². The topological polar surface area (TPSA) is 9.23 Å². The van der Waals surface area contributed by atoms with Crippen LogP contribution in [-0.2, 0) is 4.74 Å². The predicted molar refractivity (Wildman–Crippen MR) is 39.4 cm³/mol. The van der Waals surface area contributed by atoms with Crippen LogP contribution in [0.3, 0.4) is 0 Å². The minimum Gasteiger partial charge on any atom is -0.384 e. The maximum atomic E-state index is 4.83. The van der Waals surface area contributed by atoms with Crippen LogP contribution < -0.4 is 0 Å². The van der Waals surface area contributed by atoms with E-state index in [4.69, 9.17) is 4.74 Å². The largest absolute Gasteiger partial charge is 0.384 e. The summed E-state index contributed by atoms with van der Waals surface area (Å²) in [4.78, 5) is 0. The second-order valence-electron chi connectivity index (χ2n) is 1.63. The molecule has 0 radical (unpaired) electrons. The van der Waals surface area contributed by atoms with E-state index in [2.05, 4.69) is 22.5 Å². The number of hydrogen-bond donors (Lipinski definition) is 0. The van der Waals surface area contributed by atoms with Crippen LogP contribution in [0.5, 0.6) is 0 Å². The molecule has 1 nitrogen and oxygen atoms in total. The first kappa shape index (κ1) is 8.18. The lowest BCUT2D eigenvalue weighted by Crippen LogP contribution is -1.90. The lowest BCUT2D eigenvalue weighted by atomic mass is 10.3. The van der Waals surface area contributed by atoms with E-state index in [0.717, 1.165) is 18.4 Å². The molecule has 8 heavy (non-hydrogen) atoms. The van der Waals surface area contributed by atoms with E-state index in [1.165, 1.54) is 5.57 Å². The van der Waals surface area contributed by atoms with Gasteiger partial charge in [-0.2, -0.15) is 0 Å². The number of methoxy groups -OCH3 is 1. The molecule has 0 aromatic rings. The Hall–Kier alpha value is 0.180. The van der Waals surface area contributed by atoms with Crippen LogP contribution in [0.25, 0.3) is 0 Å². The highest BCUT2D eigenvalue weighted by Gasteiger charge is 1.87. The molecule has 0 heterocycles. The van der Waals surface area contributed by atoms with Crippen molar-refractivity contribution in [3.8, 4) is 0 Å². The van der Waals surface area contributed by atoms with Crippen molar-refractivity contribution in [3.05, 3.63) is 12.2 Å². The molecule has 0 bridgehead atoms. The summed E-state index contributed by atoms with van der Waals surface area (Å²) in [6.07, 6.45) is 0.960. The van der Waals surface area contributed by atoms with Crippen LogP contribution in [0.2, 0.25) is 0 Å². The molecular weight excluding hydrogens is 168 g/mol. The molecule has 0 aromatic heterocycles. The molecule has 2 heteroatoms. The van der Waals surface area contributed by atoms with Gasteiger partial charge < -0.3 is 4.74 Å². The second kappa shape index (κ2) is 5.32. The molecule has 0 aliphatic heterocycles. The highest BCUT2D eigenvalue weighted by molar-refractivity contribution is 9.09. The number of halogens is 1. The van der Waals surface area contributed by atoms with Crippen LogP contribution in [-0.4, -0.2) is 19.0 Å². The Labute approximate surface area is 58.9 Å². The molecule has 0 amide bonds. The van der Waals surface area contributed by atoms with E-state index in [9.17, 15) is 0 Å². The van der Waals surface area contributed by atoms with E-state index in [-0.39, 0.29) is 0 Å². The molecule has 0 spiro atoms. The standard InChI is InChI=1S/C6H11BrO/c1-6(5-7)3-4-8-2/h1,3-5H2,2H3. The molecule has 0 aromatic carbocycles. The van der Waals surface area contributed by atoms with Crippen LogP contribution in [0, 0.1) is 0 Å². The normalized spacial score (nSPS) is 9.25. The minimum absolute atomic E-state index is 0.782. The maximum absolute atomic E-state index is 4.83. The summed E-state index contributed by atoms with van der Waals surface area (Å²) in [6.45, 7) is 4.57. The summed E-state index contributed by atoms with van der Waals surface area (Å²) >= 11 is 3.29. The van der Waals surface area contributed by atoms with Crippen molar-refractivity contribution < 1.29 is 4.74 Å². The van der Waals surface area contributed by atoms with Gasteiger partial charge in [-0.05, 0) is 6.42 Å². The number of rotatable bonds is 4. The Balaban J connectivity index is 2.99. The zero-order valence-electron chi connectivity index (χ0n) is 5.11. The summed E-state index contributed by atoms with van der Waals surface area (Å²) in [5.74, 6) is 0. The molecule has 0 atom stereocenters. The van der Waals surface area contributed by atoms with Gasteiger partial charge in [-0.1, -0.05) is 28.1 Å². The molecule has 0 saturated heterocycles. The van der Waals surface area contributed by atoms with Crippen LogP contribution in [0.4, 0.5) is 0 Å². The SMILES string of the molecule is C=C(CBr)CCOC. The first-order valence-electron chi connectivity index (χ1n) is 2.52. The molecule has 0 fully saturated rings. The Bertz CT molecular complexity index is 70.9. The van der Waals surface area contributed by atoms with E-state index < -0.39 is 0 Å². The third kappa shape index (κ3) is 4.34. The zero-order chi connectivity index (χ0) is 6.41. The lowest BCUT2D eigenvalue weighted by Gasteiger charge is -1.97. The van der Waals surface area contributed by atoms with E-state index in [0.29, 0.717) is 0 Å². The Morgan fingerprint density at radius 3 is 2.75 bits per heavy atom. The fraction of sp³-hybridized carbons (Fsp3) is 0.667. The Kier molecular flexibility index (Phi) is 5.44. The summed E-state index contributed by atoms with van der Waals surface area (Å²) in [7, 11) is 1.70. The van der Waals surface area contributed by atoms with Crippen molar-refractivity contribution in [1.82, 2.24) is 0 Å². The zero-order valence-corrected chi connectivity index (χ0v) is 6.70. The molecule has 0 rings (SSSR count). The van der Waals surface area contributed by atoms with E-state index in [1.54, 1.807) is 7.11 Å². The molecule has 0 unspecified atom stereocenters. The van der Waals surface area contributed by atoms with Gasteiger partial charge in [0, 0.05) is 19.0 Å². The summed E-state index contributed by atoms with van der Waals surface area (Å²) in [5.41, 5.74) is 1.19. The third-order valence-corrected chi connectivity index (χ3v) is 1.64. The van der Waals surface area contributed by atoms with Crippen molar-refractivity contribution in [2.75, 3.05) is 19.0 Å². The molecule has 48 valence electrons. The Morgan fingerprint density at radius 1 is 1.75 bits per heavy atom. The molecule has 0 N–H and O–H groups in total. The summed E-state index contributed by atoms with van der Waals surface area (Å²) in [6, 6.07) is 0. The average molecular weight is 179 g/mol. The van der Waals surface area contributed by atoms with Gasteiger partial charge in [-0.15, -0.1) is 0 Å². The minimum atomic E-state index is 0.782. The van der Waals surface area contributed by atoms with Crippen LogP contribution in [0.15, 0.2) is 12.2 Å². The number of ether oxygens (including phenoxy) is 1. The van der Waals surface area contributed by atoms with Crippen molar-refractivity contribution in [2.45, 2.75) is 6.42 Å². The quantitative estimate of drug-likeness (QED) is 0.473. The first-order valence-corrected chi connectivity index (χ1v) is 3.65. The average Bonchev–Trinajstić information content (AvgIpc) is 1.83. The smallest absolute Gasteiger partial charge is 0.0499 e. The van der Waals surface area contributed by atoms with Gasteiger partial charge in [0.2, 0.25) is 0 Å². The first-order chi connectivity index (χ1) is 3.81. The van der Waals surface area contributed by atoms with Gasteiger partial charge in [-0.3, -0.25) is 0 Å². The molecule has 0 aliphatic carbocycles. The van der Waals surface area contributed by atoms with Crippen molar-refractivity contribution in [2.24, 2.45) is 0 Å². The number of hydrogen-bond acceptors (Lipinski definition) is 1. The summed E-state index contributed by atoms with van der Waals surface area (Å²) < 4.78 is 4.83. The molecule has 0 aliphatic rings. The van der Waals surface area contributed by atoms with Gasteiger partial charge in [-0.25, -0.2) is 0 Å². The highest BCUT2D eigenvalue weighted by Crippen LogP contribution is 2.00. The maximum Gasteiger partial charge on any atom is 0.0499 e. The summed E-state index contributed by atoms with van der Waals surface area (Å²) in [5, 5.41) is 0.885. The van der Waals surface area contributed by atoms with Gasteiger partial charge in [0.05, 0.1) is 0 Å². The van der Waals surface area contributed by atoms with Crippen molar-refractivity contribution in [3.63, 3.8) is 0 Å². The monoisotopic (exact) mass is 178 g/mol. The van der Waals surface area contributed by atoms with Gasteiger partial charge in [0.25, 0.3) is 0 Å². The lowest BCUT2D eigenvalue weighted by molar-refractivity contribution is 0.202. The van der Waals surface area contributed by atoms with Crippen molar-refractivity contribution >= 4 is 15.9 Å². The molecular formula is C6H11BrO.